The van der Waals surface area contributed by atoms with E-state index in [9.17, 15) is 4.79 Å². The molecule has 0 aromatic heterocycles. The average Bonchev–Trinajstić information content (AvgIpc) is 2.96. The minimum absolute atomic E-state index is 0.147. The lowest BCUT2D eigenvalue weighted by Crippen LogP contribution is -2.50. The van der Waals surface area contributed by atoms with Crippen molar-refractivity contribution in [3.8, 4) is 0 Å². The number of nitrogens with zero attached hydrogens (tertiary/aromatic N) is 2. The molecule has 0 aliphatic carbocycles. The Labute approximate surface area is 132 Å². The van der Waals surface area contributed by atoms with Gasteiger partial charge in [0.15, 0.2) is 0 Å². The molecule has 1 amide bonds. The second-order valence-electron chi connectivity index (χ2n) is 6.25. The molecule has 3 rings (SSSR count). The van der Waals surface area contributed by atoms with E-state index in [1.807, 2.05) is 30.0 Å². The molecule has 0 saturated carbocycles. The Morgan fingerprint density at radius 1 is 1.41 bits per heavy atom. The standard InChI is InChI=1S/C17H25N3O2/c1-13(18-11-15-12-19(2)9-10-22-15)17(21)20-8-7-14-5-3-4-6-16(14)20/h3-6,13,15,18H,7-12H2,1-2H3. The van der Waals surface area contributed by atoms with Crippen LogP contribution in [0.15, 0.2) is 24.3 Å². The average molecular weight is 303 g/mol. The minimum Gasteiger partial charge on any atom is -0.374 e. The monoisotopic (exact) mass is 303 g/mol. The van der Waals surface area contributed by atoms with Crippen LogP contribution < -0.4 is 10.2 Å². The first kappa shape index (κ1) is 15.5. The maximum atomic E-state index is 12.7. The maximum Gasteiger partial charge on any atom is 0.243 e. The van der Waals surface area contributed by atoms with Crippen molar-refractivity contribution in [1.29, 1.82) is 0 Å². The molecule has 1 N–H and O–H groups in total. The molecule has 22 heavy (non-hydrogen) atoms. The fraction of sp³-hybridized carbons (Fsp3) is 0.588. The van der Waals surface area contributed by atoms with E-state index < -0.39 is 0 Å². The third-order valence-electron chi connectivity index (χ3n) is 4.52. The van der Waals surface area contributed by atoms with Crippen molar-refractivity contribution in [2.24, 2.45) is 0 Å². The SMILES string of the molecule is CC(NCC1CN(C)CCO1)C(=O)N1CCc2ccccc21. The molecule has 0 radical (unpaired) electrons. The van der Waals surface area contributed by atoms with Crippen molar-refractivity contribution in [1.82, 2.24) is 10.2 Å². The first-order chi connectivity index (χ1) is 10.6. The molecule has 2 aliphatic heterocycles. The second-order valence-corrected chi connectivity index (χ2v) is 6.25. The summed E-state index contributed by atoms with van der Waals surface area (Å²) >= 11 is 0. The van der Waals surface area contributed by atoms with Gasteiger partial charge >= 0.3 is 0 Å². The van der Waals surface area contributed by atoms with E-state index in [4.69, 9.17) is 4.74 Å². The number of anilines is 1. The first-order valence-corrected chi connectivity index (χ1v) is 8.08. The molecule has 1 fully saturated rings. The zero-order valence-electron chi connectivity index (χ0n) is 13.4. The van der Waals surface area contributed by atoms with Gasteiger partial charge in [0.25, 0.3) is 0 Å². The molecular weight excluding hydrogens is 278 g/mol. The van der Waals surface area contributed by atoms with Crippen molar-refractivity contribution in [3.05, 3.63) is 29.8 Å². The van der Waals surface area contributed by atoms with Crippen LogP contribution in [0.4, 0.5) is 5.69 Å². The van der Waals surface area contributed by atoms with Crippen LogP contribution in [-0.2, 0) is 16.0 Å². The van der Waals surface area contributed by atoms with Gasteiger partial charge < -0.3 is 19.9 Å². The van der Waals surface area contributed by atoms with E-state index >= 15 is 0 Å². The summed E-state index contributed by atoms with van der Waals surface area (Å²) in [6.45, 7) is 6.11. The molecule has 120 valence electrons. The number of morpholine rings is 1. The van der Waals surface area contributed by atoms with Crippen LogP contribution in [0.3, 0.4) is 0 Å². The quantitative estimate of drug-likeness (QED) is 0.897. The molecule has 2 unspecified atom stereocenters. The van der Waals surface area contributed by atoms with Crippen molar-refractivity contribution in [2.45, 2.75) is 25.5 Å². The third kappa shape index (κ3) is 3.32. The molecule has 1 saturated heterocycles. The summed E-state index contributed by atoms with van der Waals surface area (Å²) < 4.78 is 5.73. The maximum absolute atomic E-state index is 12.7. The van der Waals surface area contributed by atoms with Crippen LogP contribution in [-0.4, -0.2) is 62.8 Å². The summed E-state index contributed by atoms with van der Waals surface area (Å²) in [4.78, 5) is 16.8. The van der Waals surface area contributed by atoms with Crippen molar-refractivity contribution in [3.63, 3.8) is 0 Å². The molecular formula is C17H25N3O2. The van der Waals surface area contributed by atoms with E-state index in [-0.39, 0.29) is 18.1 Å². The summed E-state index contributed by atoms with van der Waals surface area (Å²) in [5, 5.41) is 3.34. The highest BCUT2D eigenvalue weighted by Crippen LogP contribution is 2.27. The Morgan fingerprint density at radius 2 is 2.23 bits per heavy atom. The number of rotatable bonds is 4. The number of carbonyl (C=O) groups excluding carboxylic acids is 1. The molecule has 2 atom stereocenters. The molecule has 0 bridgehead atoms. The van der Waals surface area contributed by atoms with Gasteiger partial charge in [0.1, 0.15) is 0 Å². The molecule has 5 nitrogen and oxygen atoms in total. The van der Waals surface area contributed by atoms with Gasteiger partial charge in [0.2, 0.25) is 5.91 Å². The number of hydrogen-bond acceptors (Lipinski definition) is 4. The lowest BCUT2D eigenvalue weighted by molar-refractivity contribution is -0.120. The van der Waals surface area contributed by atoms with Crippen molar-refractivity contribution >= 4 is 11.6 Å². The number of fused-ring (bicyclic) bond motifs is 1. The van der Waals surface area contributed by atoms with E-state index in [1.54, 1.807) is 0 Å². The molecule has 2 aliphatic rings. The van der Waals surface area contributed by atoms with Crippen LogP contribution in [0.5, 0.6) is 0 Å². The Hall–Kier alpha value is -1.43. The predicted molar refractivity (Wildman–Crippen MR) is 87.2 cm³/mol. The zero-order valence-corrected chi connectivity index (χ0v) is 13.4. The topological polar surface area (TPSA) is 44.8 Å². The Morgan fingerprint density at radius 3 is 3.05 bits per heavy atom. The summed E-state index contributed by atoms with van der Waals surface area (Å²) in [5.74, 6) is 0.147. The Bertz CT molecular complexity index is 534. The largest absolute Gasteiger partial charge is 0.374 e. The summed E-state index contributed by atoms with van der Waals surface area (Å²) in [7, 11) is 2.10. The first-order valence-electron chi connectivity index (χ1n) is 8.08. The molecule has 0 spiro atoms. The van der Waals surface area contributed by atoms with Gasteiger partial charge in [0, 0.05) is 31.9 Å². The van der Waals surface area contributed by atoms with E-state index in [1.165, 1.54) is 5.56 Å². The molecule has 1 aromatic carbocycles. The highest BCUT2D eigenvalue weighted by Gasteiger charge is 2.28. The Kier molecular flexibility index (Phi) is 4.76. The summed E-state index contributed by atoms with van der Waals surface area (Å²) in [6.07, 6.45) is 1.12. The molecule has 5 heteroatoms. The van der Waals surface area contributed by atoms with Gasteiger partial charge in [-0.25, -0.2) is 0 Å². The van der Waals surface area contributed by atoms with E-state index in [2.05, 4.69) is 23.3 Å². The predicted octanol–water partition coefficient (Wildman–Crippen LogP) is 0.884. The van der Waals surface area contributed by atoms with Gasteiger partial charge in [0.05, 0.1) is 18.8 Å². The normalized spacial score (nSPS) is 23.4. The number of nitrogens with one attached hydrogen (secondary N) is 1. The van der Waals surface area contributed by atoms with Crippen molar-refractivity contribution < 1.29 is 9.53 Å². The number of benzene rings is 1. The van der Waals surface area contributed by atoms with Gasteiger partial charge in [-0.15, -0.1) is 0 Å². The van der Waals surface area contributed by atoms with Crippen LogP contribution in [0.25, 0.3) is 0 Å². The minimum atomic E-state index is -0.193. The smallest absolute Gasteiger partial charge is 0.243 e. The van der Waals surface area contributed by atoms with Gasteiger partial charge in [-0.2, -0.15) is 0 Å². The third-order valence-corrected chi connectivity index (χ3v) is 4.52. The van der Waals surface area contributed by atoms with E-state index in [0.29, 0.717) is 6.54 Å². The van der Waals surface area contributed by atoms with Gasteiger partial charge in [-0.1, -0.05) is 18.2 Å². The number of amides is 1. The number of para-hydroxylation sites is 1. The van der Waals surface area contributed by atoms with Crippen LogP contribution >= 0.6 is 0 Å². The number of likely N-dealkylation sites (N-methyl/N-ethyl adjacent to an activating group) is 1. The highest BCUT2D eigenvalue weighted by atomic mass is 16.5. The lowest BCUT2D eigenvalue weighted by Gasteiger charge is -2.31. The summed E-state index contributed by atoms with van der Waals surface area (Å²) in [5.41, 5.74) is 2.33. The Balaban J connectivity index is 1.54. The number of hydrogen-bond donors (Lipinski definition) is 1. The van der Waals surface area contributed by atoms with Crippen molar-refractivity contribution in [2.75, 3.05) is 44.7 Å². The van der Waals surface area contributed by atoms with Crippen LogP contribution in [0, 0.1) is 0 Å². The van der Waals surface area contributed by atoms with Gasteiger partial charge in [-0.3, -0.25) is 4.79 Å². The summed E-state index contributed by atoms with van der Waals surface area (Å²) in [6, 6.07) is 7.97. The highest BCUT2D eigenvalue weighted by molar-refractivity contribution is 5.98. The molecule has 1 aromatic rings. The van der Waals surface area contributed by atoms with Gasteiger partial charge in [-0.05, 0) is 32.0 Å². The number of ether oxygens (including phenoxy) is 1. The lowest BCUT2D eigenvalue weighted by atomic mass is 10.2. The second kappa shape index (κ2) is 6.77. The van der Waals surface area contributed by atoms with E-state index in [0.717, 1.165) is 38.3 Å². The molecule has 2 heterocycles. The fourth-order valence-corrected chi connectivity index (χ4v) is 3.19. The van der Waals surface area contributed by atoms with Crippen LogP contribution in [0.1, 0.15) is 12.5 Å². The van der Waals surface area contributed by atoms with Crippen LogP contribution in [0.2, 0.25) is 0 Å². The zero-order chi connectivity index (χ0) is 15.5. The fourth-order valence-electron chi connectivity index (χ4n) is 3.19. The number of carbonyl (C=O) groups is 1.